The Hall–Kier alpha value is -2.50. The van der Waals surface area contributed by atoms with Gasteiger partial charge in [0.25, 0.3) is 5.69 Å². The summed E-state index contributed by atoms with van der Waals surface area (Å²) >= 11 is 0. The minimum absolute atomic E-state index is 0.0680. The smallest absolute Gasteiger partial charge is 0.292 e. The Morgan fingerprint density at radius 2 is 1.95 bits per heavy atom. The Bertz CT molecular complexity index is 643. The maximum atomic E-state index is 11.1. The van der Waals surface area contributed by atoms with E-state index in [2.05, 4.69) is 15.3 Å². The Kier molecular flexibility index (Phi) is 3.93. The van der Waals surface area contributed by atoms with E-state index in [0.29, 0.717) is 5.69 Å². The largest absolute Gasteiger partial charge is 0.371 e. The highest BCUT2D eigenvalue weighted by Crippen LogP contribution is 2.28. The first-order valence-corrected chi connectivity index (χ1v) is 6.28. The van der Waals surface area contributed by atoms with E-state index in [-0.39, 0.29) is 16.7 Å². The number of anilines is 1. The van der Waals surface area contributed by atoms with Gasteiger partial charge in [0.2, 0.25) is 0 Å². The molecular weight excluding hydrogens is 256 g/mol. The van der Waals surface area contributed by atoms with Crippen LogP contribution in [0.5, 0.6) is 0 Å². The molecule has 1 N–H and O–H groups in total. The predicted molar refractivity (Wildman–Crippen MR) is 76.6 cm³/mol. The summed E-state index contributed by atoms with van der Waals surface area (Å²) in [6.07, 6.45) is 3.24. The molecule has 6 heteroatoms. The molecule has 1 atom stereocenters. The van der Waals surface area contributed by atoms with Crippen LogP contribution in [-0.4, -0.2) is 14.9 Å². The molecule has 0 saturated carbocycles. The van der Waals surface area contributed by atoms with Crippen molar-refractivity contribution in [2.75, 3.05) is 5.32 Å². The standard InChI is InChI=1S/C14H16N4O2/c1-9-4-5-12(13(8-9)18(19)20)17-11(3)14-10(2)15-6-7-16-14/h4-8,11,17H,1-3H3. The summed E-state index contributed by atoms with van der Waals surface area (Å²) in [5, 5.41) is 14.2. The van der Waals surface area contributed by atoms with Crippen molar-refractivity contribution in [1.82, 2.24) is 9.97 Å². The van der Waals surface area contributed by atoms with Crippen molar-refractivity contribution in [3.63, 3.8) is 0 Å². The van der Waals surface area contributed by atoms with Crippen LogP contribution in [0.25, 0.3) is 0 Å². The number of aryl methyl sites for hydroxylation is 2. The quantitative estimate of drug-likeness (QED) is 0.683. The zero-order chi connectivity index (χ0) is 14.7. The summed E-state index contributed by atoms with van der Waals surface area (Å²) in [4.78, 5) is 19.2. The second kappa shape index (κ2) is 5.64. The number of rotatable bonds is 4. The minimum Gasteiger partial charge on any atom is -0.371 e. The molecule has 0 spiro atoms. The average molecular weight is 272 g/mol. The summed E-state index contributed by atoms with van der Waals surface area (Å²) in [6, 6.07) is 4.95. The number of nitrogens with zero attached hydrogens (tertiary/aromatic N) is 3. The number of hydrogen-bond acceptors (Lipinski definition) is 5. The summed E-state index contributed by atoms with van der Waals surface area (Å²) in [5.41, 5.74) is 2.99. The lowest BCUT2D eigenvalue weighted by Crippen LogP contribution is -2.12. The molecule has 6 nitrogen and oxygen atoms in total. The van der Waals surface area contributed by atoms with Crippen molar-refractivity contribution < 1.29 is 4.92 Å². The van der Waals surface area contributed by atoms with E-state index in [1.165, 1.54) is 0 Å². The van der Waals surface area contributed by atoms with E-state index in [1.807, 2.05) is 26.8 Å². The molecule has 2 aromatic rings. The minimum atomic E-state index is -0.383. The highest BCUT2D eigenvalue weighted by molar-refractivity contribution is 5.63. The monoisotopic (exact) mass is 272 g/mol. The third-order valence-electron chi connectivity index (χ3n) is 3.05. The van der Waals surface area contributed by atoms with Crippen LogP contribution >= 0.6 is 0 Å². The lowest BCUT2D eigenvalue weighted by Gasteiger charge is -2.16. The SMILES string of the molecule is Cc1ccc(NC(C)c2nccnc2C)c([N+](=O)[O-])c1. The fraction of sp³-hybridized carbons (Fsp3) is 0.286. The Morgan fingerprint density at radius 3 is 2.60 bits per heavy atom. The summed E-state index contributed by atoms with van der Waals surface area (Å²) in [6.45, 7) is 5.59. The normalized spacial score (nSPS) is 11.9. The Morgan fingerprint density at radius 1 is 1.25 bits per heavy atom. The van der Waals surface area contributed by atoms with Gasteiger partial charge in [-0.25, -0.2) is 0 Å². The number of nitrogens with one attached hydrogen (secondary N) is 1. The van der Waals surface area contributed by atoms with Crippen LogP contribution in [-0.2, 0) is 0 Å². The van der Waals surface area contributed by atoms with E-state index < -0.39 is 0 Å². The third kappa shape index (κ3) is 2.90. The van der Waals surface area contributed by atoms with Gasteiger partial charge >= 0.3 is 0 Å². The maximum absolute atomic E-state index is 11.1. The number of nitro benzene ring substituents is 1. The number of aromatic nitrogens is 2. The van der Waals surface area contributed by atoms with Crippen LogP contribution in [0.2, 0.25) is 0 Å². The zero-order valence-electron chi connectivity index (χ0n) is 11.6. The van der Waals surface area contributed by atoms with Gasteiger partial charge in [-0.2, -0.15) is 0 Å². The second-order valence-electron chi connectivity index (χ2n) is 4.67. The molecular formula is C14H16N4O2. The summed E-state index contributed by atoms with van der Waals surface area (Å²) < 4.78 is 0. The zero-order valence-corrected chi connectivity index (χ0v) is 11.6. The molecule has 0 aliphatic heterocycles. The maximum Gasteiger partial charge on any atom is 0.292 e. The van der Waals surface area contributed by atoms with Crippen molar-refractivity contribution in [3.8, 4) is 0 Å². The molecule has 0 bridgehead atoms. The van der Waals surface area contributed by atoms with Gasteiger partial charge in [-0.15, -0.1) is 0 Å². The van der Waals surface area contributed by atoms with E-state index in [4.69, 9.17) is 0 Å². The Balaban J connectivity index is 2.31. The van der Waals surface area contributed by atoms with Crippen LogP contribution in [0.4, 0.5) is 11.4 Å². The fourth-order valence-corrected chi connectivity index (χ4v) is 2.06. The molecule has 104 valence electrons. The first kappa shape index (κ1) is 13.9. The molecule has 2 rings (SSSR count). The molecule has 0 radical (unpaired) electrons. The van der Waals surface area contributed by atoms with Gasteiger partial charge in [-0.3, -0.25) is 20.1 Å². The van der Waals surface area contributed by atoms with Crippen molar-refractivity contribution >= 4 is 11.4 Å². The average Bonchev–Trinajstić information content (AvgIpc) is 2.41. The van der Waals surface area contributed by atoms with Crippen LogP contribution in [0.3, 0.4) is 0 Å². The van der Waals surface area contributed by atoms with Crippen molar-refractivity contribution in [2.45, 2.75) is 26.8 Å². The van der Waals surface area contributed by atoms with Crippen molar-refractivity contribution in [3.05, 3.63) is 57.7 Å². The van der Waals surface area contributed by atoms with E-state index in [0.717, 1.165) is 17.0 Å². The van der Waals surface area contributed by atoms with E-state index in [9.17, 15) is 10.1 Å². The summed E-state index contributed by atoms with van der Waals surface area (Å²) in [5.74, 6) is 0. The number of hydrogen-bond donors (Lipinski definition) is 1. The molecule has 0 aliphatic rings. The lowest BCUT2D eigenvalue weighted by atomic mass is 10.1. The van der Waals surface area contributed by atoms with Crippen LogP contribution in [0.15, 0.2) is 30.6 Å². The molecule has 1 aromatic heterocycles. The van der Waals surface area contributed by atoms with Crippen LogP contribution in [0, 0.1) is 24.0 Å². The topological polar surface area (TPSA) is 81.0 Å². The molecule has 1 unspecified atom stereocenters. The molecule has 0 fully saturated rings. The molecule has 0 aliphatic carbocycles. The van der Waals surface area contributed by atoms with E-state index in [1.54, 1.807) is 24.5 Å². The Labute approximate surface area is 117 Å². The number of nitro groups is 1. The first-order valence-electron chi connectivity index (χ1n) is 6.28. The first-order chi connectivity index (χ1) is 9.49. The fourth-order valence-electron chi connectivity index (χ4n) is 2.06. The van der Waals surface area contributed by atoms with Gasteiger partial charge in [-0.1, -0.05) is 6.07 Å². The number of benzene rings is 1. The van der Waals surface area contributed by atoms with Crippen molar-refractivity contribution in [1.29, 1.82) is 0 Å². The van der Waals surface area contributed by atoms with Gasteiger partial charge in [0, 0.05) is 18.5 Å². The van der Waals surface area contributed by atoms with E-state index >= 15 is 0 Å². The highest BCUT2D eigenvalue weighted by atomic mass is 16.6. The third-order valence-corrected chi connectivity index (χ3v) is 3.05. The van der Waals surface area contributed by atoms with Gasteiger partial charge < -0.3 is 5.32 Å². The molecule has 1 heterocycles. The van der Waals surface area contributed by atoms with Crippen molar-refractivity contribution in [2.24, 2.45) is 0 Å². The predicted octanol–water partition coefficient (Wildman–Crippen LogP) is 3.17. The second-order valence-corrected chi connectivity index (χ2v) is 4.67. The van der Waals surface area contributed by atoms with Gasteiger partial charge in [0.05, 0.1) is 22.4 Å². The molecule has 0 saturated heterocycles. The van der Waals surface area contributed by atoms with Gasteiger partial charge in [0.15, 0.2) is 0 Å². The van der Waals surface area contributed by atoms with Gasteiger partial charge in [-0.05, 0) is 32.4 Å². The van der Waals surface area contributed by atoms with Crippen LogP contribution < -0.4 is 5.32 Å². The highest BCUT2D eigenvalue weighted by Gasteiger charge is 2.17. The molecule has 20 heavy (non-hydrogen) atoms. The lowest BCUT2D eigenvalue weighted by molar-refractivity contribution is -0.384. The molecule has 1 aromatic carbocycles. The molecule has 0 amide bonds. The van der Waals surface area contributed by atoms with Crippen LogP contribution in [0.1, 0.15) is 29.9 Å². The van der Waals surface area contributed by atoms with Gasteiger partial charge in [0.1, 0.15) is 5.69 Å². The summed E-state index contributed by atoms with van der Waals surface area (Å²) in [7, 11) is 0.